The summed E-state index contributed by atoms with van der Waals surface area (Å²) < 4.78 is 0. The van der Waals surface area contributed by atoms with Gasteiger partial charge in [-0.2, -0.15) is 0 Å². The van der Waals surface area contributed by atoms with Crippen molar-refractivity contribution in [2.75, 3.05) is 11.4 Å². The predicted octanol–water partition coefficient (Wildman–Crippen LogP) is 1.47. The van der Waals surface area contributed by atoms with Crippen LogP contribution >= 0.6 is 0 Å². The fourth-order valence-corrected chi connectivity index (χ4v) is 1.34. The molecule has 1 N–H and O–H groups in total. The number of carbonyl (C=O) groups is 1. The molecule has 0 radical (unpaired) electrons. The summed E-state index contributed by atoms with van der Waals surface area (Å²) in [6.07, 6.45) is 3.56. The Morgan fingerprint density at radius 1 is 1.44 bits per heavy atom. The third-order valence-corrected chi connectivity index (χ3v) is 2.21. The first-order valence-corrected chi connectivity index (χ1v) is 5.27. The molecule has 5 heteroatoms. The lowest BCUT2D eigenvalue weighted by atomic mass is 10.3. The molecule has 0 saturated carbocycles. The van der Waals surface area contributed by atoms with Crippen LogP contribution in [0.5, 0.6) is 0 Å². The number of anilines is 1. The average molecular weight is 223 g/mol. The molecule has 1 heterocycles. The zero-order valence-electron chi connectivity index (χ0n) is 9.84. The number of rotatable bonds is 5. The van der Waals surface area contributed by atoms with E-state index in [-0.39, 0.29) is 12.5 Å². The maximum absolute atomic E-state index is 10.5. The van der Waals surface area contributed by atoms with Gasteiger partial charge >= 0.3 is 5.97 Å². The third kappa shape index (κ3) is 3.49. The molecule has 0 saturated heterocycles. The molecule has 0 amide bonds. The summed E-state index contributed by atoms with van der Waals surface area (Å²) >= 11 is 0. The molecule has 0 aromatic carbocycles. The van der Waals surface area contributed by atoms with Crippen LogP contribution < -0.4 is 4.90 Å². The molecule has 0 atom stereocenters. The van der Waals surface area contributed by atoms with Gasteiger partial charge in [0.05, 0.1) is 6.42 Å². The van der Waals surface area contributed by atoms with Gasteiger partial charge in [0.25, 0.3) is 0 Å². The maximum Gasteiger partial charge on any atom is 0.305 e. The molecule has 0 bridgehead atoms. The van der Waals surface area contributed by atoms with E-state index in [1.54, 1.807) is 12.4 Å². The third-order valence-electron chi connectivity index (χ3n) is 2.21. The zero-order valence-corrected chi connectivity index (χ0v) is 9.84. The summed E-state index contributed by atoms with van der Waals surface area (Å²) in [7, 11) is 0. The number of carboxylic acids is 1. The van der Waals surface area contributed by atoms with E-state index < -0.39 is 5.97 Å². The largest absolute Gasteiger partial charge is 0.481 e. The van der Waals surface area contributed by atoms with Gasteiger partial charge in [-0.25, -0.2) is 9.97 Å². The molecule has 0 aliphatic heterocycles. The number of nitrogens with zero attached hydrogens (tertiary/aromatic N) is 3. The lowest BCUT2D eigenvalue weighted by Crippen LogP contribution is -2.34. The van der Waals surface area contributed by atoms with Crippen molar-refractivity contribution in [3.63, 3.8) is 0 Å². The van der Waals surface area contributed by atoms with Crippen molar-refractivity contribution < 1.29 is 9.90 Å². The van der Waals surface area contributed by atoms with Crippen LogP contribution in [0.15, 0.2) is 12.4 Å². The Hall–Kier alpha value is -1.65. The second-order valence-corrected chi connectivity index (χ2v) is 3.99. The lowest BCUT2D eigenvalue weighted by Gasteiger charge is -2.25. The van der Waals surface area contributed by atoms with E-state index in [2.05, 4.69) is 9.97 Å². The highest BCUT2D eigenvalue weighted by atomic mass is 16.4. The highest BCUT2D eigenvalue weighted by Gasteiger charge is 2.14. The molecular formula is C11H17N3O2. The molecule has 5 nitrogen and oxygen atoms in total. The van der Waals surface area contributed by atoms with Crippen molar-refractivity contribution in [2.45, 2.75) is 33.2 Å². The van der Waals surface area contributed by atoms with Crippen LogP contribution in [0.3, 0.4) is 0 Å². The number of hydrogen-bond donors (Lipinski definition) is 1. The Bertz CT molecular complexity index is 349. The van der Waals surface area contributed by atoms with Crippen molar-refractivity contribution in [3.8, 4) is 0 Å². The van der Waals surface area contributed by atoms with Crippen molar-refractivity contribution in [3.05, 3.63) is 18.0 Å². The summed E-state index contributed by atoms with van der Waals surface area (Å²) in [6.45, 7) is 6.33. The minimum Gasteiger partial charge on any atom is -0.481 e. The summed E-state index contributed by atoms with van der Waals surface area (Å²) in [6, 6.07) is 0.182. The Kier molecular flexibility index (Phi) is 4.22. The molecule has 0 fully saturated rings. The summed E-state index contributed by atoms with van der Waals surface area (Å²) in [4.78, 5) is 20.8. The predicted molar refractivity (Wildman–Crippen MR) is 61.5 cm³/mol. The van der Waals surface area contributed by atoms with Gasteiger partial charge in [0.2, 0.25) is 5.95 Å². The van der Waals surface area contributed by atoms with Crippen LogP contribution in [0.25, 0.3) is 0 Å². The molecule has 0 aliphatic carbocycles. The van der Waals surface area contributed by atoms with Gasteiger partial charge in [-0.15, -0.1) is 0 Å². The standard InChI is InChI=1S/C11H17N3O2/c1-8(2)14(5-4-10(15)16)11-12-6-9(3)7-13-11/h6-8H,4-5H2,1-3H3,(H,15,16). The number of hydrogen-bond acceptors (Lipinski definition) is 4. The van der Waals surface area contributed by atoms with E-state index in [0.29, 0.717) is 12.5 Å². The Morgan fingerprint density at radius 3 is 2.44 bits per heavy atom. The second-order valence-electron chi connectivity index (χ2n) is 3.99. The molecule has 0 aliphatic rings. The van der Waals surface area contributed by atoms with Gasteiger partial charge < -0.3 is 10.0 Å². The first kappa shape index (κ1) is 12.4. The summed E-state index contributed by atoms with van der Waals surface area (Å²) in [5.41, 5.74) is 0.991. The number of aryl methyl sites for hydroxylation is 1. The van der Waals surface area contributed by atoms with Gasteiger partial charge in [0.15, 0.2) is 0 Å². The molecule has 0 spiro atoms. The number of aliphatic carboxylic acids is 1. The van der Waals surface area contributed by atoms with Crippen LogP contribution in [0.2, 0.25) is 0 Å². The monoisotopic (exact) mass is 223 g/mol. The molecule has 1 aromatic rings. The molecular weight excluding hydrogens is 206 g/mol. The highest BCUT2D eigenvalue weighted by Crippen LogP contribution is 2.11. The van der Waals surface area contributed by atoms with Crippen molar-refractivity contribution in [1.82, 2.24) is 9.97 Å². The topological polar surface area (TPSA) is 66.3 Å². The molecule has 1 aromatic heterocycles. The van der Waals surface area contributed by atoms with E-state index in [0.717, 1.165) is 5.56 Å². The maximum atomic E-state index is 10.5. The van der Waals surface area contributed by atoms with Crippen molar-refractivity contribution in [2.24, 2.45) is 0 Å². The molecule has 1 rings (SSSR count). The second kappa shape index (κ2) is 5.44. The van der Waals surface area contributed by atoms with Gasteiger partial charge in [0.1, 0.15) is 0 Å². The van der Waals surface area contributed by atoms with Crippen LogP contribution in [-0.2, 0) is 4.79 Å². The first-order valence-electron chi connectivity index (χ1n) is 5.27. The minimum absolute atomic E-state index is 0.0927. The van der Waals surface area contributed by atoms with Gasteiger partial charge in [-0.3, -0.25) is 4.79 Å². The molecule has 0 unspecified atom stereocenters. The van der Waals surface area contributed by atoms with Gasteiger partial charge in [0, 0.05) is 25.0 Å². The summed E-state index contributed by atoms with van der Waals surface area (Å²) in [5.74, 6) is -0.223. The van der Waals surface area contributed by atoms with Crippen LogP contribution in [0, 0.1) is 6.92 Å². The lowest BCUT2D eigenvalue weighted by molar-refractivity contribution is -0.136. The average Bonchev–Trinajstić information content (AvgIpc) is 2.20. The van der Waals surface area contributed by atoms with Crippen LogP contribution in [-0.4, -0.2) is 33.6 Å². The van der Waals surface area contributed by atoms with E-state index in [1.807, 2.05) is 25.7 Å². The number of carboxylic acid groups (broad SMARTS) is 1. The van der Waals surface area contributed by atoms with Gasteiger partial charge in [-0.05, 0) is 26.3 Å². The quantitative estimate of drug-likeness (QED) is 0.818. The van der Waals surface area contributed by atoms with E-state index in [4.69, 9.17) is 5.11 Å². The van der Waals surface area contributed by atoms with Crippen molar-refractivity contribution >= 4 is 11.9 Å². The Balaban J connectivity index is 2.77. The zero-order chi connectivity index (χ0) is 12.1. The Morgan fingerprint density at radius 2 is 2.00 bits per heavy atom. The van der Waals surface area contributed by atoms with E-state index in [1.165, 1.54) is 0 Å². The smallest absolute Gasteiger partial charge is 0.305 e. The first-order chi connectivity index (χ1) is 7.50. The Labute approximate surface area is 95.1 Å². The van der Waals surface area contributed by atoms with E-state index in [9.17, 15) is 4.79 Å². The highest BCUT2D eigenvalue weighted by molar-refractivity contribution is 5.67. The fraction of sp³-hybridized carbons (Fsp3) is 0.545. The van der Waals surface area contributed by atoms with Gasteiger partial charge in [-0.1, -0.05) is 0 Å². The van der Waals surface area contributed by atoms with E-state index >= 15 is 0 Å². The fourth-order valence-electron chi connectivity index (χ4n) is 1.34. The van der Waals surface area contributed by atoms with Crippen LogP contribution in [0.1, 0.15) is 25.8 Å². The normalized spacial score (nSPS) is 10.5. The summed E-state index contributed by atoms with van der Waals surface area (Å²) in [5, 5.41) is 8.67. The number of aromatic nitrogens is 2. The van der Waals surface area contributed by atoms with Crippen LogP contribution in [0.4, 0.5) is 5.95 Å². The minimum atomic E-state index is -0.808. The molecule has 16 heavy (non-hydrogen) atoms. The van der Waals surface area contributed by atoms with Crippen molar-refractivity contribution in [1.29, 1.82) is 0 Å². The SMILES string of the molecule is Cc1cnc(N(CCC(=O)O)C(C)C)nc1. The molecule has 88 valence electrons.